The van der Waals surface area contributed by atoms with Gasteiger partial charge in [0.05, 0.1) is 38.3 Å². The molecule has 0 radical (unpaired) electrons. The van der Waals surface area contributed by atoms with E-state index in [1.165, 1.54) is 17.5 Å². The van der Waals surface area contributed by atoms with E-state index in [0.29, 0.717) is 40.9 Å². The number of nitrogens with one attached hydrogen (secondary N) is 1. The molecular formula is C21H27ClN2O6S. The number of benzene rings is 2. The third-order valence-corrected chi connectivity index (χ3v) is 6.02. The molecule has 0 spiro atoms. The lowest BCUT2D eigenvalue weighted by Gasteiger charge is -2.23. The molecule has 0 heterocycles. The first kappa shape index (κ1) is 24.6. The summed E-state index contributed by atoms with van der Waals surface area (Å²) in [5, 5.41) is 3.13. The molecule has 0 unspecified atom stereocenters. The van der Waals surface area contributed by atoms with Crippen LogP contribution < -0.4 is 23.8 Å². The van der Waals surface area contributed by atoms with Gasteiger partial charge in [0.15, 0.2) is 11.5 Å². The van der Waals surface area contributed by atoms with Crippen molar-refractivity contribution in [2.75, 3.05) is 38.4 Å². The van der Waals surface area contributed by atoms with Gasteiger partial charge in [0.2, 0.25) is 15.9 Å². The molecule has 0 saturated carbocycles. The zero-order valence-electron chi connectivity index (χ0n) is 18.0. The van der Waals surface area contributed by atoms with Crippen molar-refractivity contribution in [3.8, 4) is 17.2 Å². The molecule has 0 aromatic heterocycles. The Morgan fingerprint density at radius 2 is 1.65 bits per heavy atom. The van der Waals surface area contributed by atoms with Gasteiger partial charge in [0.25, 0.3) is 0 Å². The number of sulfonamides is 1. The molecule has 0 aliphatic carbocycles. The Labute approximate surface area is 188 Å². The van der Waals surface area contributed by atoms with Crippen LogP contribution in [-0.4, -0.2) is 48.5 Å². The van der Waals surface area contributed by atoms with Crippen LogP contribution in [0.15, 0.2) is 36.4 Å². The van der Waals surface area contributed by atoms with Gasteiger partial charge in [-0.1, -0.05) is 17.7 Å². The topological polar surface area (TPSA) is 94.2 Å². The fourth-order valence-electron chi connectivity index (χ4n) is 2.96. The SMILES string of the molecule is COc1ccc(N(CCCC(=O)NCc2ccc(OC)c(OC)c2)S(C)(=O)=O)cc1Cl. The first-order valence-electron chi connectivity index (χ1n) is 9.48. The van der Waals surface area contributed by atoms with Crippen LogP contribution in [0.1, 0.15) is 18.4 Å². The minimum absolute atomic E-state index is 0.144. The van der Waals surface area contributed by atoms with Crippen LogP contribution in [0.5, 0.6) is 17.2 Å². The molecule has 1 N–H and O–H groups in total. The highest BCUT2D eigenvalue weighted by Gasteiger charge is 2.19. The average molecular weight is 471 g/mol. The third-order valence-electron chi connectivity index (χ3n) is 4.53. The number of carbonyl (C=O) groups excluding carboxylic acids is 1. The van der Waals surface area contributed by atoms with E-state index in [-0.39, 0.29) is 18.9 Å². The number of anilines is 1. The quantitative estimate of drug-likeness (QED) is 0.542. The zero-order valence-corrected chi connectivity index (χ0v) is 19.5. The molecule has 8 nitrogen and oxygen atoms in total. The summed E-state index contributed by atoms with van der Waals surface area (Å²) in [6.45, 7) is 0.467. The number of ether oxygens (including phenoxy) is 3. The van der Waals surface area contributed by atoms with Crippen molar-refractivity contribution in [1.29, 1.82) is 0 Å². The van der Waals surface area contributed by atoms with Crippen LogP contribution in [0.3, 0.4) is 0 Å². The Morgan fingerprint density at radius 3 is 2.23 bits per heavy atom. The van der Waals surface area contributed by atoms with E-state index in [9.17, 15) is 13.2 Å². The van der Waals surface area contributed by atoms with E-state index in [1.807, 2.05) is 6.07 Å². The summed E-state index contributed by atoms with van der Waals surface area (Å²) in [6.07, 6.45) is 1.62. The number of hydrogen-bond acceptors (Lipinski definition) is 6. The van der Waals surface area contributed by atoms with Gasteiger partial charge >= 0.3 is 0 Å². The van der Waals surface area contributed by atoms with Crippen molar-refractivity contribution in [3.05, 3.63) is 47.0 Å². The predicted molar refractivity (Wildman–Crippen MR) is 121 cm³/mol. The number of hydrogen-bond donors (Lipinski definition) is 1. The fraction of sp³-hybridized carbons (Fsp3) is 0.381. The Morgan fingerprint density at radius 1 is 1.00 bits per heavy atom. The molecule has 0 fully saturated rings. The molecule has 0 saturated heterocycles. The zero-order chi connectivity index (χ0) is 23.0. The highest BCUT2D eigenvalue weighted by atomic mass is 35.5. The maximum Gasteiger partial charge on any atom is 0.232 e. The first-order chi connectivity index (χ1) is 14.7. The van der Waals surface area contributed by atoms with Gasteiger partial charge in [-0.05, 0) is 42.3 Å². The van der Waals surface area contributed by atoms with Crippen molar-refractivity contribution in [2.45, 2.75) is 19.4 Å². The number of carbonyl (C=O) groups is 1. The lowest BCUT2D eigenvalue weighted by molar-refractivity contribution is -0.121. The molecule has 2 aromatic rings. The maximum atomic E-state index is 12.2. The molecule has 2 aromatic carbocycles. The summed E-state index contributed by atoms with van der Waals surface area (Å²) in [7, 11) is 1.04. The highest BCUT2D eigenvalue weighted by molar-refractivity contribution is 7.92. The number of nitrogens with zero attached hydrogens (tertiary/aromatic N) is 1. The number of rotatable bonds is 11. The highest BCUT2D eigenvalue weighted by Crippen LogP contribution is 2.30. The van der Waals surface area contributed by atoms with E-state index in [4.69, 9.17) is 25.8 Å². The molecule has 2 rings (SSSR count). The number of methoxy groups -OCH3 is 3. The van der Waals surface area contributed by atoms with Crippen molar-refractivity contribution in [1.82, 2.24) is 5.32 Å². The van der Waals surface area contributed by atoms with Gasteiger partial charge in [-0.2, -0.15) is 0 Å². The van der Waals surface area contributed by atoms with Gasteiger partial charge < -0.3 is 19.5 Å². The summed E-state index contributed by atoms with van der Waals surface area (Å²) in [6, 6.07) is 10.1. The Balaban J connectivity index is 1.93. The van der Waals surface area contributed by atoms with Crippen molar-refractivity contribution in [3.63, 3.8) is 0 Å². The standard InChI is InChI=1S/C21H27ClN2O6S/c1-28-18-10-8-16(13-17(18)22)24(31(4,26)27)11-5-6-21(25)23-14-15-7-9-19(29-2)20(12-15)30-3/h7-10,12-13H,5-6,11,14H2,1-4H3,(H,23,25). The van der Waals surface area contributed by atoms with Crippen molar-refractivity contribution >= 4 is 33.2 Å². The van der Waals surface area contributed by atoms with E-state index in [1.54, 1.807) is 38.5 Å². The molecule has 31 heavy (non-hydrogen) atoms. The molecule has 0 aliphatic heterocycles. The van der Waals surface area contributed by atoms with Gasteiger partial charge in [0, 0.05) is 19.5 Å². The molecule has 10 heteroatoms. The monoisotopic (exact) mass is 470 g/mol. The van der Waals surface area contributed by atoms with Crippen molar-refractivity contribution < 1.29 is 27.4 Å². The first-order valence-corrected chi connectivity index (χ1v) is 11.7. The molecular weight excluding hydrogens is 444 g/mol. The van der Waals surface area contributed by atoms with Crippen LogP contribution in [0.25, 0.3) is 0 Å². The smallest absolute Gasteiger partial charge is 0.232 e. The minimum Gasteiger partial charge on any atom is -0.495 e. The second kappa shape index (κ2) is 11.1. The van der Waals surface area contributed by atoms with Crippen LogP contribution >= 0.6 is 11.6 Å². The molecule has 170 valence electrons. The average Bonchev–Trinajstić information content (AvgIpc) is 2.74. The van der Waals surface area contributed by atoms with Gasteiger partial charge in [-0.15, -0.1) is 0 Å². The number of halogens is 1. The Kier molecular flexibility index (Phi) is 8.82. The molecule has 1 amide bonds. The van der Waals surface area contributed by atoms with Crippen LogP contribution in [0.2, 0.25) is 5.02 Å². The van der Waals surface area contributed by atoms with Crippen LogP contribution in [0, 0.1) is 0 Å². The summed E-state index contributed by atoms with van der Waals surface area (Å²) < 4.78 is 41.2. The largest absolute Gasteiger partial charge is 0.495 e. The predicted octanol–water partition coefficient (Wildman–Crippen LogP) is 3.23. The van der Waals surface area contributed by atoms with Crippen molar-refractivity contribution in [2.24, 2.45) is 0 Å². The van der Waals surface area contributed by atoms with E-state index < -0.39 is 10.0 Å². The van der Waals surface area contributed by atoms with Gasteiger partial charge in [-0.25, -0.2) is 8.42 Å². The van der Waals surface area contributed by atoms with Gasteiger partial charge in [0.1, 0.15) is 5.75 Å². The third kappa shape index (κ3) is 6.93. The summed E-state index contributed by atoms with van der Waals surface area (Å²) in [5.74, 6) is 1.46. The Bertz CT molecular complexity index is 1010. The van der Waals surface area contributed by atoms with Gasteiger partial charge in [-0.3, -0.25) is 9.10 Å². The second-order valence-corrected chi connectivity index (χ2v) is 9.04. The van der Waals surface area contributed by atoms with Crippen LogP contribution in [-0.2, 0) is 21.4 Å². The lowest BCUT2D eigenvalue weighted by atomic mass is 10.2. The Hall–Kier alpha value is -2.65. The summed E-state index contributed by atoms with van der Waals surface area (Å²) >= 11 is 6.12. The summed E-state index contributed by atoms with van der Waals surface area (Å²) in [5.41, 5.74) is 1.27. The van der Waals surface area contributed by atoms with E-state index >= 15 is 0 Å². The lowest BCUT2D eigenvalue weighted by Crippen LogP contribution is -2.32. The normalized spacial score (nSPS) is 11.0. The second-order valence-electron chi connectivity index (χ2n) is 6.72. The van der Waals surface area contributed by atoms with E-state index in [0.717, 1.165) is 11.8 Å². The van der Waals surface area contributed by atoms with E-state index in [2.05, 4.69) is 5.32 Å². The van der Waals surface area contributed by atoms with Crippen LogP contribution in [0.4, 0.5) is 5.69 Å². The molecule has 0 atom stereocenters. The molecule has 0 bridgehead atoms. The maximum absolute atomic E-state index is 12.2. The fourth-order valence-corrected chi connectivity index (χ4v) is 4.17. The molecule has 0 aliphatic rings. The number of amides is 1. The minimum atomic E-state index is -3.55. The summed E-state index contributed by atoms with van der Waals surface area (Å²) in [4.78, 5) is 12.2.